The van der Waals surface area contributed by atoms with Crippen LogP contribution in [-0.4, -0.2) is 39.9 Å². The first-order valence-electron chi connectivity index (χ1n) is 5.79. The highest BCUT2D eigenvalue weighted by molar-refractivity contribution is 6.28. The zero-order valence-corrected chi connectivity index (χ0v) is 12.0. The first-order valence-corrected chi connectivity index (χ1v) is 6.17. The minimum atomic E-state index is -0.511. The molecule has 0 aromatic carbocycles. The largest absolute Gasteiger partial charge is 0.466 e. The van der Waals surface area contributed by atoms with Crippen LogP contribution in [0.5, 0.6) is 17.6 Å². The fourth-order valence-electron chi connectivity index (χ4n) is 1.30. The van der Waals surface area contributed by atoms with Gasteiger partial charge < -0.3 is 14.2 Å². The van der Waals surface area contributed by atoms with E-state index < -0.39 is 5.97 Å². The van der Waals surface area contributed by atoms with E-state index in [0.29, 0.717) is 5.69 Å². The molecule has 0 aliphatic carbocycles. The average Bonchev–Trinajstić information content (AvgIpc) is 2.45. The van der Waals surface area contributed by atoms with E-state index in [1.54, 1.807) is 13.0 Å². The van der Waals surface area contributed by atoms with Crippen molar-refractivity contribution >= 4 is 17.6 Å². The third-order valence-corrected chi connectivity index (χ3v) is 2.36. The number of hydrogen-bond donors (Lipinski definition) is 0. The van der Waals surface area contributed by atoms with Gasteiger partial charge in [-0.2, -0.15) is 4.98 Å². The lowest BCUT2D eigenvalue weighted by Gasteiger charge is -2.05. The monoisotopic (exact) mass is 310 g/mol. The summed E-state index contributed by atoms with van der Waals surface area (Å²) in [7, 11) is 1.27. The Labute approximate surface area is 125 Å². The molecule has 0 atom stereocenters. The fourth-order valence-corrected chi connectivity index (χ4v) is 1.51. The number of carbonyl (C=O) groups excluding carboxylic acids is 1. The number of aryl methyl sites for hydroxylation is 1. The van der Waals surface area contributed by atoms with Gasteiger partial charge in [0.05, 0.1) is 7.11 Å². The van der Waals surface area contributed by atoms with Gasteiger partial charge >= 0.3 is 5.97 Å². The number of esters is 1. The predicted molar refractivity (Wildman–Crippen MR) is 71.4 cm³/mol. The maximum absolute atomic E-state index is 10.9. The molecule has 110 valence electrons. The van der Waals surface area contributed by atoms with Crippen molar-refractivity contribution in [3.8, 4) is 17.6 Å². The van der Waals surface area contributed by atoms with Crippen LogP contribution in [0.2, 0.25) is 5.28 Å². The first-order chi connectivity index (χ1) is 10.1. The van der Waals surface area contributed by atoms with E-state index >= 15 is 0 Å². The van der Waals surface area contributed by atoms with Crippen molar-refractivity contribution in [3.05, 3.63) is 29.2 Å². The van der Waals surface area contributed by atoms with Crippen molar-refractivity contribution in [1.82, 2.24) is 20.2 Å². The molecule has 0 spiro atoms. The number of aromatic nitrogens is 4. The Balaban J connectivity index is 2.00. The van der Waals surface area contributed by atoms with Gasteiger partial charge in [-0.1, -0.05) is 0 Å². The molecule has 2 aromatic heterocycles. The maximum Gasteiger partial charge on any atom is 0.343 e. The van der Waals surface area contributed by atoms with Crippen molar-refractivity contribution in [2.45, 2.75) is 6.92 Å². The number of halogens is 1. The van der Waals surface area contributed by atoms with Crippen molar-refractivity contribution in [1.29, 1.82) is 0 Å². The summed E-state index contributed by atoms with van der Waals surface area (Å²) < 4.78 is 14.9. The Bertz CT molecular complexity index is 615. The molecule has 0 bridgehead atoms. The molecule has 0 amide bonds. The van der Waals surface area contributed by atoms with Gasteiger partial charge in [0.25, 0.3) is 0 Å². The Morgan fingerprint density at radius 1 is 1.19 bits per heavy atom. The lowest BCUT2D eigenvalue weighted by molar-refractivity contribution is -0.143. The summed E-state index contributed by atoms with van der Waals surface area (Å²) in [6, 6.07) is 4.63. The molecule has 0 radical (unpaired) electrons. The normalized spacial score (nSPS) is 10.0. The van der Waals surface area contributed by atoms with E-state index in [4.69, 9.17) is 21.1 Å². The summed E-state index contributed by atoms with van der Waals surface area (Å²) in [5.74, 6) is 0.118. The number of rotatable bonds is 5. The van der Waals surface area contributed by atoms with E-state index in [-0.39, 0.29) is 29.5 Å². The molecule has 0 saturated heterocycles. The van der Waals surface area contributed by atoms with Crippen LogP contribution in [0.4, 0.5) is 0 Å². The standard InChI is InChI=1S/C12H11ClN4O4/c1-7-5-10(15-12(13)14-7)21-9-4-3-8(16-17-9)20-6-11(18)19-2/h3-5H,6H2,1-2H3. The molecule has 0 fully saturated rings. The molecule has 8 nitrogen and oxygen atoms in total. The SMILES string of the molecule is COC(=O)COc1ccc(Oc2cc(C)nc(Cl)n2)nn1. The van der Waals surface area contributed by atoms with Gasteiger partial charge in [0.1, 0.15) is 0 Å². The Morgan fingerprint density at radius 3 is 2.52 bits per heavy atom. The number of nitrogens with zero attached hydrogens (tertiary/aromatic N) is 4. The molecule has 0 unspecified atom stereocenters. The quantitative estimate of drug-likeness (QED) is 0.606. The van der Waals surface area contributed by atoms with Gasteiger partial charge in [-0.3, -0.25) is 0 Å². The highest BCUT2D eigenvalue weighted by atomic mass is 35.5. The molecular weight excluding hydrogens is 300 g/mol. The second kappa shape index (κ2) is 6.80. The third-order valence-electron chi connectivity index (χ3n) is 2.19. The number of ether oxygens (including phenoxy) is 3. The van der Waals surface area contributed by atoms with Gasteiger partial charge in [0, 0.05) is 23.9 Å². The minimum Gasteiger partial charge on any atom is -0.466 e. The molecule has 0 aliphatic rings. The Hall–Kier alpha value is -2.48. The molecule has 2 heterocycles. The summed E-state index contributed by atoms with van der Waals surface area (Å²) in [5.41, 5.74) is 0.663. The van der Waals surface area contributed by atoms with Crippen molar-refractivity contribution in [2.24, 2.45) is 0 Å². The lowest BCUT2D eigenvalue weighted by Crippen LogP contribution is -2.13. The summed E-state index contributed by atoms with van der Waals surface area (Å²) in [6.45, 7) is 1.52. The van der Waals surface area contributed by atoms with Crippen molar-refractivity contribution in [2.75, 3.05) is 13.7 Å². The van der Waals surface area contributed by atoms with Crippen LogP contribution < -0.4 is 9.47 Å². The molecule has 2 rings (SSSR count). The summed E-state index contributed by atoms with van der Waals surface area (Å²) >= 11 is 5.72. The van der Waals surface area contributed by atoms with Crippen molar-refractivity contribution in [3.63, 3.8) is 0 Å². The number of hydrogen-bond acceptors (Lipinski definition) is 8. The van der Waals surface area contributed by atoms with Gasteiger partial charge in [0.15, 0.2) is 6.61 Å². The number of methoxy groups -OCH3 is 1. The van der Waals surface area contributed by atoms with E-state index in [2.05, 4.69) is 24.9 Å². The smallest absolute Gasteiger partial charge is 0.343 e. The maximum atomic E-state index is 10.9. The van der Waals surface area contributed by atoms with Gasteiger partial charge in [-0.15, -0.1) is 10.2 Å². The Kier molecular flexibility index (Phi) is 4.83. The van der Waals surface area contributed by atoms with Crippen LogP contribution in [0, 0.1) is 6.92 Å². The second-order valence-corrected chi connectivity index (χ2v) is 4.13. The summed E-state index contributed by atoms with van der Waals surface area (Å²) in [5, 5.41) is 7.61. The summed E-state index contributed by atoms with van der Waals surface area (Å²) in [4.78, 5) is 18.7. The van der Waals surface area contributed by atoms with Gasteiger partial charge in [-0.05, 0) is 18.5 Å². The van der Waals surface area contributed by atoms with E-state index in [1.807, 2.05) is 0 Å². The van der Waals surface area contributed by atoms with Crippen molar-refractivity contribution < 1.29 is 19.0 Å². The highest BCUT2D eigenvalue weighted by Gasteiger charge is 2.06. The molecule has 0 saturated carbocycles. The predicted octanol–water partition coefficient (Wildman–Crippen LogP) is 1.57. The van der Waals surface area contributed by atoms with Crippen LogP contribution >= 0.6 is 11.6 Å². The van der Waals surface area contributed by atoms with Crippen LogP contribution in [0.15, 0.2) is 18.2 Å². The van der Waals surface area contributed by atoms with E-state index in [9.17, 15) is 4.79 Å². The highest BCUT2D eigenvalue weighted by Crippen LogP contribution is 2.19. The lowest BCUT2D eigenvalue weighted by atomic mass is 10.4. The topological polar surface area (TPSA) is 96.3 Å². The molecule has 21 heavy (non-hydrogen) atoms. The van der Waals surface area contributed by atoms with Gasteiger partial charge in [0.2, 0.25) is 22.9 Å². The van der Waals surface area contributed by atoms with Crippen LogP contribution in [0.1, 0.15) is 5.69 Å². The van der Waals surface area contributed by atoms with Crippen LogP contribution in [0.25, 0.3) is 0 Å². The van der Waals surface area contributed by atoms with E-state index in [1.165, 1.54) is 19.2 Å². The molecule has 0 N–H and O–H groups in total. The molecular formula is C12H11ClN4O4. The van der Waals surface area contributed by atoms with Gasteiger partial charge in [-0.25, -0.2) is 9.78 Å². The average molecular weight is 311 g/mol. The minimum absolute atomic E-state index is 0.0796. The van der Waals surface area contributed by atoms with E-state index in [0.717, 1.165) is 0 Å². The van der Waals surface area contributed by atoms with Crippen LogP contribution in [-0.2, 0) is 9.53 Å². The molecule has 9 heteroatoms. The Morgan fingerprint density at radius 2 is 1.90 bits per heavy atom. The zero-order valence-electron chi connectivity index (χ0n) is 11.2. The van der Waals surface area contributed by atoms with Crippen LogP contribution in [0.3, 0.4) is 0 Å². The zero-order chi connectivity index (χ0) is 15.2. The summed E-state index contributed by atoms with van der Waals surface area (Å²) in [6.07, 6.45) is 0. The molecule has 2 aromatic rings. The first kappa shape index (κ1) is 14.9. The molecule has 0 aliphatic heterocycles. The number of carbonyl (C=O) groups is 1. The fraction of sp³-hybridized carbons (Fsp3) is 0.250. The third kappa shape index (κ3) is 4.53. The second-order valence-electron chi connectivity index (χ2n) is 3.79.